The molecule has 0 aliphatic heterocycles. The number of rotatable bonds is 8. The molecule has 5 heteroatoms. The minimum absolute atomic E-state index is 0.201. The zero-order chi connectivity index (χ0) is 13.4. The van der Waals surface area contributed by atoms with Gasteiger partial charge in [0.05, 0.1) is 33.0 Å². The minimum Gasteiger partial charge on any atom is -0.493 e. The van der Waals surface area contributed by atoms with E-state index in [-0.39, 0.29) is 13.2 Å². The number of aliphatic hydroxyl groups is 1. The first kappa shape index (κ1) is 14.8. The molecular weight excluding hydrogens is 234 g/mol. The second-order valence-electron chi connectivity index (χ2n) is 3.82. The summed E-state index contributed by atoms with van der Waals surface area (Å²) in [7, 11) is 1.60. The van der Waals surface area contributed by atoms with E-state index in [4.69, 9.17) is 19.9 Å². The quantitative estimate of drug-likeness (QED) is 0.723. The fourth-order valence-electron chi connectivity index (χ4n) is 1.46. The molecule has 1 aromatic carbocycles. The molecule has 0 aromatic heterocycles. The Bertz CT molecular complexity index is 357. The van der Waals surface area contributed by atoms with E-state index in [9.17, 15) is 5.11 Å². The lowest BCUT2D eigenvalue weighted by atomic mass is 10.2. The molecule has 0 aliphatic rings. The van der Waals surface area contributed by atoms with Crippen molar-refractivity contribution in [2.45, 2.75) is 19.6 Å². The molecule has 3 N–H and O–H groups in total. The largest absolute Gasteiger partial charge is 0.493 e. The van der Waals surface area contributed by atoms with Gasteiger partial charge in [-0.25, -0.2) is 0 Å². The van der Waals surface area contributed by atoms with Gasteiger partial charge in [0.25, 0.3) is 0 Å². The molecule has 18 heavy (non-hydrogen) atoms. The Morgan fingerprint density at radius 2 is 2.11 bits per heavy atom. The van der Waals surface area contributed by atoms with Crippen LogP contribution in [0, 0.1) is 0 Å². The van der Waals surface area contributed by atoms with Gasteiger partial charge < -0.3 is 25.1 Å². The van der Waals surface area contributed by atoms with Crippen LogP contribution in [0.2, 0.25) is 0 Å². The molecule has 0 saturated heterocycles. The Balaban J connectivity index is 2.58. The molecule has 0 saturated carbocycles. The van der Waals surface area contributed by atoms with Crippen molar-refractivity contribution in [2.24, 2.45) is 5.73 Å². The SMILES string of the molecule is CCOc1cc(COC[C@@H](O)CN)ccc1OC. The molecule has 0 unspecified atom stereocenters. The summed E-state index contributed by atoms with van der Waals surface area (Å²) in [5.74, 6) is 1.39. The predicted molar refractivity (Wildman–Crippen MR) is 68.9 cm³/mol. The average Bonchev–Trinajstić information content (AvgIpc) is 2.39. The van der Waals surface area contributed by atoms with Gasteiger partial charge in [0, 0.05) is 6.54 Å². The maximum absolute atomic E-state index is 9.26. The van der Waals surface area contributed by atoms with Crippen molar-refractivity contribution in [3.8, 4) is 11.5 Å². The Hall–Kier alpha value is -1.30. The van der Waals surface area contributed by atoms with Crippen LogP contribution in [0.15, 0.2) is 18.2 Å². The van der Waals surface area contributed by atoms with Crippen molar-refractivity contribution in [1.82, 2.24) is 0 Å². The Labute approximate surface area is 107 Å². The maximum atomic E-state index is 9.26. The summed E-state index contributed by atoms with van der Waals surface area (Å²) < 4.78 is 16.0. The van der Waals surface area contributed by atoms with E-state index in [1.165, 1.54) is 0 Å². The van der Waals surface area contributed by atoms with Crippen molar-refractivity contribution < 1.29 is 19.3 Å². The van der Waals surface area contributed by atoms with Crippen molar-refractivity contribution in [3.05, 3.63) is 23.8 Å². The lowest BCUT2D eigenvalue weighted by Crippen LogP contribution is -2.24. The number of nitrogens with two attached hydrogens (primary N) is 1. The topological polar surface area (TPSA) is 73.9 Å². The van der Waals surface area contributed by atoms with Crippen LogP contribution in [0.3, 0.4) is 0 Å². The first-order valence-corrected chi connectivity index (χ1v) is 5.96. The second kappa shape index (κ2) is 7.92. The summed E-state index contributed by atoms with van der Waals surface area (Å²) in [6.45, 7) is 3.33. The van der Waals surface area contributed by atoms with Crippen molar-refractivity contribution in [1.29, 1.82) is 0 Å². The summed E-state index contributed by atoms with van der Waals surface area (Å²) in [6, 6.07) is 5.61. The van der Waals surface area contributed by atoms with Gasteiger partial charge in [-0.2, -0.15) is 0 Å². The van der Waals surface area contributed by atoms with Crippen LogP contribution in [0.25, 0.3) is 0 Å². The Kier molecular flexibility index (Phi) is 6.49. The molecule has 0 heterocycles. The Morgan fingerprint density at radius 3 is 2.72 bits per heavy atom. The molecule has 5 nitrogen and oxygen atoms in total. The van der Waals surface area contributed by atoms with Crippen molar-refractivity contribution in [3.63, 3.8) is 0 Å². The van der Waals surface area contributed by atoms with Crippen molar-refractivity contribution in [2.75, 3.05) is 26.9 Å². The second-order valence-corrected chi connectivity index (χ2v) is 3.82. The summed E-state index contributed by atoms with van der Waals surface area (Å²) in [6.07, 6.45) is -0.616. The van der Waals surface area contributed by atoms with Gasteiger partial charge in [-0.05, 0) is 24.6 Å². The molecule has 0 bridgehead atoms. The third-order valence-electron chi connectivity index (χ3n) is 2.38. The lowest BCUT2D eigenvalue weighted by Gasteiger charge is -2.12. The third-order valence-corrected chi connectivity index (χ3v) is 2.38. The first-order valence-electron chi connectivity index (χ1n) is 5.96. The minimum atomic E-state index is -0.616. The molecule has 0 fully saturated rings. The zero-order valence-electron chi connectivity index (χ0n) is 10.9. The number of methoxy groups -OCH3 is 1. The maximum Gasteiger partial charge on any atom is 0.161 e. The summed E-state index contributed by atoms with van der Waals surface area (Å²) in [5.41, 5.74) is 6.25. The van der Waals surface area contributed by atoms with Gasteiger partial charge in [0.2, 0.25) is 0 Å². The lowest BCUT2D eigenvalue weighted by molar-refractivity contribution is 0.0328. The van der Waals surface area contributed by atoms with Crippen LogP contribution in [0.1, 0.15) is 12.5 Å². The fourth-order valence-corrected chi connectivity index (χ4v) is 1.46. The molecule has 1 atom stereocenters. The summed E-state index contributed by atoms with van der Waals surface area (Å²) in [4.78, 5) is 0. The van der Waals surface area contributed by atoms with Crippen LogP contribution >= 0.6 is 0 Å². The summed E-state index contributed by atoms with van der Waals surface area (Å²) >= 11 is 0. The van der Waals surface area contributed by atoms with E-state index in [0.29, 0.717) is 24.7 Å². The highest BCUT2D eigenvalue weighted by Gasteiger charge is 2.06. The van der Waals surface area contributed by atoms with Gasteiger partial charge >= 0.3 is 0 Å². The van der Waals surface area contributed by atoms with E-state index in [1.807, 2.05) is 25.1 Å². The number of hydrogen-bond donors (Lipinski definition) is 2. The van der Waals surface area contributed by atoms with Crippen LogP contribution in [0.5, 0.6) is 11.5 Å². The normalized spacial score (nSPS) is 12.2. The summed E-state index contributed by atoms with van der Waals surface area (Å²) in [5, 5.41) is 9.26. The van der Waals surface area contributed by atoms with E-state index in [0.717, 1.165) is 5.56 Å². The molecule has 102 valence electrons. The van der Waals surface area contributed by atoms with Crippen LogP contribution < -0.4 is 15.2 Å². The van der Waals surface area contributed by atoms with E-state index >= 15 is 0 Å². The Morgan fingerprint density at radius 1 is 1.33 bits per heavy atom. The number of aliphatic hydroxyl groups excluding tert-OH is 1. The third kappa shape index (κ3) is 4.52. The molecule has 1 rings (SSSR count). The first-order chi connectivity index (χ1) is 8.71. The molecule has 0 amide bonds. The molecular formula is C13H21NO4. The van der Waals surface area contributed by atoms with Crippen LogP contribution in [-0.4, -0.2) is 38.1 Å². The van der Waals surface area contributed by atoms with E-state index < -0.39 is 6.10 Å². The highest BCUT2D eigenvalue weighted by molar-refractivity contribution is 5.42. The van der Waals surface area contributed by atoms with E-state index in [2.05, 4.69) is 0 Å². The van der Waals surface area contributed by atoms with Gasteiger partial charge in [-0.3, -0.25) is 0 Å². The van der Waals surface area contributed by atoms with Gasteiger partial charge in [-0.15, -0.1) is 0 Å². The zero-order valence-corrected chi connectivity index (χ0v) is 10.9. The van der Waals surface area contributed by atoms with Crippen LogP contribution in [-0.2, 0) is 11.3 Å². The fraction of sp³-hybridized carbons (Fsp3) is 0.538. The number of benzene rings is 1. The molecule has 0 spiro atoms. The molecule has 0 aliphatic carbocycles. The van der Waals surface area contributed by atoms with Crippen molar-refractivity contribution >= 4 is 0 Å². The van der Waals surface area contributed by atoms with E-state index in [1.54, 1.807) is 7.11 Å². The van der Waals surface area contributed by atoms with Gasteiger partial charge in [-0.1, -0.05) is 6.07 Å². The molecule has 1 aromatic rings. The predicted octanol–water partition coefficient (Wildman–Crippen LogP) is 0.930. The monoisotopic (exact) mass is 255 g/mol. The number of hydrogen-bond acceptors (Lipinski definition) is 5. The van der Waals surface area contributed by atoms with Gasteiger partial charge in [0.1, 0.15) is 0 Å². The highest BCUT2D eigenvalue weighted by atomic mass is 16.5. The average molecular weight is 255 g/mol. The van der Waals surface area contributed by atoms with Crippen LogP contribution in [0.4, 0.5) is 0 Å². The van der Waals surface area contributed by atoms with Gasteiger partial charge in [0.15, 0.2) is 11.5 Å². The highest BCUT2D eigenvalue weighted by Crippen LogP contribution is 2.28. The standard InChI is InChI=1S/C13H21NO4/c1-3-18-13-6-10(4-5-12(13)16-2)8-17-9-11(15)7-14/h4-6,11,15H,3,7-9,14H2,1-2H3/t11-/m0/s1. The number of ether oxygens (including phenoxy) is 3. The smallest absolute Gasteiger partial charge is 0.161 e. The molecule has 0 radical (unpaired) electrons.